The Balaban J connectivity index is 0.000000390. The monoisotopic (exact) mass is 463 g/mol. The minimum atomic E-state index is -1.26. The molecule has 1 atom stereocenters. The van der Waals surface area contributed by atoms with Crippen molar-refractivity contribution in [1.29, 1.82) is 0 Å². The second-order valence-electron chi connectivity index (χ2n) is 6.99. The summed E-state index contributed by atoms with van der Waals surface area (Å²) in [6.07, 6.45) is 1.99. The maximum absolute atomic E-state index is 9.55. The van der Waals surface area contributed by atoms with E-state index in [-0.39, 0.29) is 6.10 Å². The summed E-state index contributed by atoms with van der Waals surface area (Å²) in [6.45, 7) is 1.79. The molecule has 172 valence electrons. The predicted molar refractivity (Wildman–Crippen MR) is 120 cm³/mol. The summed E-state index contributed by atoms with van der Waals surface area (Å²) < 4.78 is 17.2. The van der Waals surface area contributed by atoms with Gasteiger partial charge in [0.2, 0.25) is 0 Å². The van der Waals surface area contributed by atoms with E-state index in [1.165, 1.54) is 5.56 Å². The van der Waals surface area contributed by atoms with Crippen LogP contribution in [-0.4, -0.2) is 61.4 Å². The maximum atomic E-state index is 9.55. The highest BCUT2D eigenvalue weighted by Crippen LogP contribution is 2.37. The summed E-state index contributed by atoms with van der Waals surface area (Å²) in [5.41, 5.74) is 2.38. The molecule has 9 heteroatoms. The zero-order chi connectivity index (χ0) is 23.7. The lowest BCUT2D eigenvalue weighted by atomic mass is 10.00. The van der Waals surface area contributed by atoms with Crippen LogP contribution in [0.3, 0.4) is 0 Å². The highest BCUT2D eigenvalue weighted by molar-refractivity contribution is 6.30. The molecular weight excluding hydrogens is 438 g/mol. The van der Waals surface area contributed by atoms with Crippen molar-refractivity contribution in [2.75, 3.05) is 34.4 Å². The van der Waals surface area contributed by atoms with Gasteiger partial charge in [-0.15, -0.1) is 0 Å². The van der Waals surface area contributed by atoms with Crippen LogP contribution >= 0.6 is 11.6 Å². The number of aliphatic carboxylic acids is 2. The molecule has 2 aromatic rings. The number of ether oxygens (including phenoxy) is 3. The van der Waals surface area contributed by atoms with E-state index in [4.69, 9.17) is 36.0 Å². The molecule has 0 amide bonds. The van der Waals surface area contributed by atoms with Crippen molar-refractivity contribution in [3.63, 3.8) is 0 Å². The third-order valence-corrected chi connectivity index (χ3v) is 4.95. The van der Waals surface area contributed by atoms with E-state index in [0.29, 0.717) is 17.2 Å². The Bertz CT molecular complexity index is 944. The van der Waals surface area contributed by atoms with Crippen molar-refractivity contribution in [3.05, 3.63) is 64.7 Å². The molecule has 0 saturated heterocycles. The number of hydrogen-bond donors (Lipinski definition) is 2. The Kier molecular flexibility index (Phi) is 9.37. The third kappa shape index (κ3) is 7.47. The van der Waals surface area contributed by atoms with Gasteiger partial charge in [-0.25, -0.2) is 9.59 Å². The Morgan fingerprint density at radius 2 is 1.59 bits per heavy atom. The Labute approximate surface area is 191 Å². The summed E-state index contributed by atoms with van der Waals surface area (Å²) in [6, 6.07) is 11.6. The zero-order valence-corrected chi connectivity index (χ0v) is 18.8. The van der Waals surface area contributed by atoms with Crippen molar-refractivity contribution in [1.82, 2.24) is 4.90 Å². The third-order valence-electron chi connectivity index (χ3n) is 4.69. The Morgan fingerprint density at radius 3 is 2.12 bits per heavy atom. The molecule has 0 bridgehead atoms. The van der Waals surface area contributed by atoms with Gasteiger partial charge in [0.25, 0.3) is 0 Å². The molecule has 0 fully saturated rings. The smallest absolute Gasteiger partial charge is 0.328 e. The summed E-state index contributed by atoms with van der Waals surface area (Å²) in [7, 11) is 5.43. The number of benzene rings is 2. The fourth-order valence-corrected chi connectivity index (χ4v) is 3.28. The van der Waals surface area contributed by atoms with E-state index in [1.54, 1.807) is 14.2 Å². The fraction of sp³-hybridized carbons (Fsp3) is 0.304. The topological polar surface area (TPSA) is 106 Å². The molecule has 8 nitrogen and oxygen atoms in total. The molecule has 0 aromatic heterocycles. The second-order valence-corrected chi connectivity index (χ2v) is 7.42. The average molecular weight is 464 g/mol. The van der Waals surface area contributed by atoms with Crippen molar-refractivity contribution < 1.29 is 34.0 Å². The van der Waals surface area contributed by atoms with Gasteiger partial charge in [-0.2, -0.15) is 0 Å². The lowest BCUT2D eigenvalue weighted by Gasteiger charge is -2.23. The van der Waals surface area contributed by atoms with Crippen LogP contribution in [-0.2, 0) is 16.0 Å². The molecule has 32 heavy (non-hydrogen) atoms. The van der Waals surface area contributed by atoms with Crippen LogP contribution < -0.4 is 14.2 Å². The number of halogens is 1. The lowest BCUT2D eigenvalue weighted by Crippen LogP contribution is -2.26. The van der Waals surface area contributed by atoms with Gasteiger partial charge in [0.15, 0.2) is 11.5 Å². The fourth-order valence-electron chi connectivity index (χ4n) is 3.16. The van der Waals surface area contributed by atoms with E-state index in [2.05, 4.69) is 18.0 Å². The van der Waals surface area contributed by atoms with Crippen LogP contribution in [0.2, 0.25) is 5.02 Å². The van der Waals surface area contributed by atoms with E-state index in [9.17, 15) is 9.59 Å². The minimum absolute atomic E-state index is 0.0755. The number of likely N-dealkylation sites (N-methyl/N-ethyl adjacent to an activating group) is 1. The van der Waals surface area contributed by atoms with Crippen LogP contribution in [0.5, 0.6) is 17.2 Å². The van der Waals surface area contributed by atoms with Gasteiger partial charge < -0.3 is 29.3 Å². The van der Waals surface area contributed by atoms with Gasteiger partial charge >= 0.3 is 11.9 Å². The van der Waals surface area contributed by atoms with Crippen molar-refractivity contribution in [2.24, 2.45) is 0 Å². The molecule has 1 aliphatic rings. The maximum Gasteiger partial charge on any atom is 0.328 e. The number of fused-ring (bicyclic) bond motifs is 1. The molecule has 0 spiro atoms. The number of hydrogen-bond acceptors (Lipinski definition) is 6. The first kappa shape index (κ1) is 25.0. The van der Waals surface area contributed by atoms with Crippen LogP contribution in [0.4, 0.5) is 0 Å². The van der Waals surface area contributed by atoms with Crippen molar-refractivity contribution >= 4 is 23.5 Å². The van der Waals surface area contributed by atoms with Gasteiger partial charge in [0, 0.05) is 35.8 Å². The van der Waals surface area contributed by atoms with E-state index < -0.39 is 11.9 Å². The van der Waals surface area contributed by atoms with Gasteiger partial charge in [0.05, 0.1) is 14.2 Å². The number of methoxy groups -OCH3 is 2. The van der Waals surface area contributed by atoms with Crippen LogP contribution in [0.15, 0.2) is 48.6 Å². The molecule has 1 unspecified atom stereocenters. The highest BCUT2D eigenvalue weighted by atomic mass is 35.5. The summed E-state index contributed by atoms with van der Waals surface area (Å²) in [5, 5.41) is 16.3. The highest BCUT2D eigenvalue weighted by Gasteiger charge is 2.25. The van der Waals surface area contributed by atoms with Crippen LogP contribution in [0.25, 0.3) is 0 Å². The second kappa shape index (κ2) is 12.0. The number of carboxylic acids is 2. The van der Waals surface area contributed by atoms with Gasteiger partial charge in [-0.3, -0.25) is 0 Å². The van der Waals surface area contributed by atoms with E-state index >= 15 is 0 Å². The number of nitrogens with zero attached hydrogens (tertiary/aromatic N) is 1. The lowest BCUT2D eigenvalue weighted by molar-refractivity contribution is -0.134. The first-order valence-electron chi connectivity index (χ1n) is 9.73. The Morgan fingerprint density at radius 1 is 1.03 bits per heavy atom. The molecule has 0 saturated carbocycles. The van der Waals surface area contributed by atoms with Gasteiger partial charge in [-0.1, -0.05) is 11.6 Å². The normalized spacial score (nSPS) is 15.7. The van der Waals surface area contributed by atoms with Crippen molar-refractivity contribution in [3.8, 4) is 17.2 Å². The first-order chi connectivity index (χ1) is 15.2. The van der Waals surface area contributed by atoms with Crippen LogP contribution in [0.1, 0.15) is 17.2 Å². The quantitative estimate of drug-likeness (QED) is 0.625. The molecule has 1 heterocycles. The number of carbonyl (C=O) groups is 2. The minimum Gasteiger partial charge on any atom is -0.493 e. The molecule has 3 rings (SSSR count). The largest absolute Gasteiger partial charge is 0.493 e. The standard InChI is InChI=1S/C19H22ClNO3.C4H4O4/c1-21-9-8-13-10-17(22-2)18(23-3)11-16(13)19(12-21)24-15-6-4-14(20)5-7-15;5-3(6)1-2-4(7)8/h4-7,10-11,19H,8-9,12H2,1-3H3;1-2H,(H,5,6)(H,7,8). The van der Waals surface area contributed by atoms with E-state index in [0.717, 1.165) is 42.3 Å². The number of rotatable bonds is 6. The summed E-state index contributed by atoms with van der Waals surface area (Å²) >= 11 is 5.96. The average Bonchev–Trinajstić information content (AvgIpc) is 2.91. The summed E-state index contributed by atoms with van der Waals surface area (Å²) in [5.74, 6) is -0.225. The molecule has 0 radical (unpaired) electrons. The van der Waals surface area contributed by atoms with Gasteiger partial charge in [-0.05, 0) is 55.4 Å². The predicted octanol–water partition coefficient (Wildman–Crippen LogP) is 3.68. The molecular formula is C23H26ClNO7. The molecule has 0 aliphatic carbocycles. The SMILES string of the molecule is COc1cc2c(cc1OC)C(Oc1ccc(Cl)cc1)CN(C)CC2.O=C(O)C=CC(=O)O. The zero-order valence-electron chi connectivity index (χ0n) is 18.1. The van der Waals surface area contributed by atoms with Gasteiger partial charge in [0.1, 0.15) is 11.9 Å². The first-order valence-corrected chi connectivity index (χ1v) is 10.1. The Hall–Kier alpha value is -3.23. The van der Waals surface area contributed by atoms with Crippen molar-refractivity contribution in [2.45, 2.75) is 12.5 Å². The molecule has 2 N–H and O–H groups in total. The van der Waals surface area contributed by atoms with Crippen LogP contribution in [0, 0.1) is 0 Å². The summed E-state index contributed by atoms with van der Waals surface area (Å²) in [4.78, 5) is 21.4. The van der Waals surface area contributed by atoms with E-state index in [1.807, 2.05) is 30.3 Å². The number of carboxylic acid groups (broad SMARTS) is 2. The molecule has 1 aliphatic heterocycles. The molecule has 2 aromatic carbocycles.